The van der Waals surface area contributed by atoms with Crippen LogP contribution in [0.25, 0.3) is 0 Å². The topological polar surface area (TPSA) is 75.2 Å². The number of hydroxylamine groups is 1. The molecule has 114 valence electrons. The molecule has 7 nitrogen and oxygen atoms in total. The molecule has 0 aliphatic rings. The maximum absolute atomic E-state index is 5.24. The van der Waals surface area contributed by atoms with Crippen LogP contribution in [0.4, 0.5) is 17.8 Å². The van der Waals surface area contributed by atoms with Crippen molar-refractivity contribution in [2.24, 2.45) is 0 Å². The lowest BCUT2D eigenvalue weighted by Crippen LogP contribution is -2.20. The van der Waals surface area contributed by atoms with Crippen molar-refractivity contribution in [1.29, 1.82) is 0 Å². The SMILES string of the molecule is C#CCNc1nc(NCc2ccccc2)nc(N(C)OC)n1. The average Bonchev–Trinajstić information content (AvgIpc) is 2.58. The molecule has 1 aromatic heterocycles. The van der Waals surface area contributed by atoms with E-state index in [2.05, 4.69) is 31.5 Å². The Morgan fingerprint density at radius 1 is 1.14 bits per heavy atom. The molecule has 0 fully saturated rings. The zero-order valence-corrected chi connectivity index (χ0v) is 12.6. The van der Waals surface area contributed by atoms with Crippen molar-refractivity contribution in [3.8, 4) is 12.3 Å². The second-order valence-corrected chi connectivity index (χ2v) is 4.36. The van der Waals surface area contributed by atoms with Gasteiger partial charge in [0.25, 0.3) is 5.95 Å². The molecule has 0 bridgehead atoms. The predicted molar refractivity (Wildman–Crippen MR) is 86.3 cm³/mol. The van der Waals surface area contributed by atoms with Crippen LogP contribution in [0, 0.1) is 12.3 Å². The Kier molecular flexibility index (Phi) is 5.51. The molecule has 2 rings (SSSR count). The summed E-state index contributed by atoms with van der Waals surface area (Å²) < 4.78 is 0. The molecule has 2 aromatic rings. The summed E-state index contributed by atoms with van der Waals surface area (Å²) in [4.78, 5) is 17.9. The molecule has 0 spiro atoms. The minimum atomic E-state index is 0.332. The van der Waals surface area contributed by atoms with Gasteiger partial charge in [-0.1, -0.05) is 36.3 Å². The molecule has 7 heteroatoms. The van der Waals surface area contributed by atoms with E-state index in [0.29, 0.717) is 30.9 Å². The molecule has 0 saturated heterocycles. The van der Waals surface area contributed by atoms with Crippen LogP contribution in [0.15, 0.2) is 30.3 Å². The van der Waals surface area contributed by atoms with Gasteiger partial charge in [0, 0.05) is 13.6 Å². The van der Waals surface area contributed by atoms with Crippen LogP contribution in [0.5, 0.6) is 0 Å². The van der Waals surface area contributed by atoms with Crippen LogP contribution >= 0.6 is 0 Å². The van der Waals surface area contributed by atoms with Crippen LogP contribution in [0.1, 0.15) is 5.56 Å². The highest BCUT2D eigenvalue weighted by Gasteiger charge is 2.09. The Morgan fingerprint density at radius 3 is 2.45 bits per heavy atom. The number of terminal acetylenes is 1. The molecular weight excluding hydrogens is 280 g/mol. The van der Waals surface area contributed by atoms with E-state index in [9.17, 15) is 0 Å². The van der Waals surface area contributed by atoms with Crippen LogP contribution in [-0.2, 0) is 11.4 Å². The smallest absolute Gasteiger partial charge is 0.256 e. The van der Waals surface area contributed by atoms with Crippen LogP contribution in [-0.4, -0.2) is 35.7 Å². The fraction of sp³-hybridized carbons (Fsp3) is 0.267. The van der Waals surface area contributed by atoms with Gasteiger partial charge in [-0.2, -0.15) is 15.0 Å². The Hall–Kier alpha value is -2.85. The maximum atomic E-state index is 5.24. The molecule has 0 atom stereocenters. The lowest BCUT2D eigenvalue weighted by atomic mass is 10.2. The van der Waals surface area contributed by atoms with Crippen molar-refractivity contribution in [2.75, 3.05) is 36.4 Å². The molecule has 0 amide bonds. The summed E-state index contributed by atoms with van der Waals surface area (Å²) in [7, 11) is 3.25. The van der Waals surface area contributed by atoms with Gasteiger partial charge < -0.3 is 10.6 Å². The van der Waals surface area contributed by atoms with E-state index in [0.717, 1.165) is 5.56 Å². The molecule has 0 unspecified atom stereocenters. The van der Waals surface area contributed by atoms with Crippen molar-refractivity contribution in [3.05, 3.63) is 35.9 Å². The van der Waals surface area contributed by atoms with Gasteiger partial charge in [0.15, 0.2) is 0 Å². The number of hydrogen-bond acceptors (Lipinski definition) is 7. The minimum absolute atomic E-state index is 0.332. The minimum Gasteiger partial charge on any atom is -0.350 e. The number of aromatic nitrogens is 3. The first kappa shape index (κ1) is 15.5. The summed E-state index contributed by atoms with van der Waals surface area (Å²) in [6, 6.07) is 9.98. The molecule has 0 radical (unpaired) electrons. The number of rotatable bonds is 7. The van der Waals surface area contributed by atoms with Gasteiger partial charge in [-0.15, -0.1) is 6.42 Å². The summed E-state index contributed by atoms with van der Waals surface area (Å²) in [5.41, 5.74) is 1.13. The van der Waals surface area contributed by atoms with E-state index in [1.807, 2.05) is 30.3 Å². The molecule has 22 heavy (non-hydrogen) atoms. The van der Waals surface area contributed by atoms with Crippen molar-refractivity contribution in [1.82, 2.24) is 15.0 Å². The van der Waals surface area contributed by atoms with Gasteiger partial charge in [-0.3, -0.25) is 4.84 Å². The molecular formula is C15H18N6O. The summed E-state index contributed by atoms with van der Waals surface area (Å²) >= 11 is 0. The third-order valence-corrected chi connectivity index (χ3v) is 2.82. The van der Waals surface area contributed by atoms with Gasteiger partial charge in [-0.05, 0) is 5.56 Å². The quantitative estimate of drug-likeness (QED) is 0.593. The van der Waals surface area contributed by atoms with Gasteiger partial charge in [0.1, 0.15) is 0 Å². The number of anilines is 3. The van der Waals surface area contributed by atoms with Gasteiger partial charge in [0.2, 0.25) is 11.9 Å². The standard InChI is InChI=1S/C15H18N6O/c1-4-10-16-13-18-14(20-15(19-13)21(2)22-3)17-11-12-8-6-5-7-9-12/h1,5-9H,10-11H2,2-3H3,(H2,16,17,18,19,20). The summed E-state index contributed by atoms with van der Waals surface area (Å²) in [6.07, 6.45) is 5.24. The van der Waals surface area contributed by atoms with Crippen molar-refractivity contribution < 1.29 is 4.84 Å². The number of nitrogens with zero attached hydrogens (tertiary/aromatic N) is 4. The Labute approximate surface area is 129 Å². The van der Waals surface area contributed by atoms with Crippen molar-refractivity contribution >= 4 is 17.8 Å². The zero-order chi connectivity index (χ0) is 15.8. The van der Waals surface area contributed by atoms with Crippen molar-refractivity contribution in [3.63, 3.8) is 0 Å². The highest BCUT2D eigenvalue weighted by Crippen LogP contribution is 2.13. The summed E-state index contributed by atoms with van der Waals surface area (Å²) in [5.74, 6) is 3.69. The van der Waals surface area contributed by atoms with E-state index in [1.54, 1.807) is 7.05 Å². The highest BCUT2D eigenvalue weighted by molar-refractivity contribution is 5.43. The molecule has 1 aromatic carbocycles. The molecule has 0 aliphatic heterocycles. The summed E-state index contributed by atoms with van der Waals surface area (Å²) in [6.45, 7) is 0.938. The third-order valence-electron chi connectivity index (χ3n) is 2.82. The van der Waals surface area contributed by atoms with Crippen LogP contribution in [0.3, 0.4) is 0 Å². The fourth-order valence-corrected chi connectivity index (χ4v) is 1.65. The first-order valence-electron chi connectivity index (χ1n) is 6.72. The van der Waals surface area contributed by atoms with Crippen LogP contribution < -0.4 is 15.7 Å². The zero-order valence-electron chi connectivity index (χ0n) is 12.6. The second kappa shape index (κ2) is 7.81. The monoisotopic (exact) mass is 298 g/mol. The van der Waals surface area contributed by atoms with E-state index in [-0.39, 0.29) is 0 Å². The van der Waals surface area contributed by atoms with Gasteiger partial charge >= 0.3 is 0 Å². The maximum Gasteiger partial charge on any atom is 0.256 e. The van der Waals surface area contributed by atoms with E-state index in [4.69, 9.17) is 11.3 Å². The average molecular weight is 298 g/mol. The first-order valence-corrected chi connectivity index (χ1v) is 6.72. The van der Waals surface area contributed by atoms with Gasteiger partial charge in [-0.25, -0.2) is 5.06 Å². The van der Waals surface area contributed by atoms with E-state index in [1.165, 1.54) is 12.2 Å². The lowest BCUT2D eigenvalue weighted by Gasteiger charge is -2.15. The van der Waals surface area contributed by atoms with Crippen molar-refractivity contribution in [2.45, 2.75) is 6.54 Å². The highest BCUT2D eigenvalue weighted by atomic mass is 16.7. The Bertz CT molecular complexity index is 640. The molecule has 0 aliphatic carbocycles. The number of benzene rings is 1. The summed E-state index contributed by atoms with van der Waals surface area (Å²) in [5, 5.41) is 7.53. The number of nitrogens with one attached hydrogen (secondary N) is 2. The fourth-order valence-electron chi connectivity index (χ4n) is 1.65. The second-order valence-electron chi connectivity index (χ2n) is 4.36. The predicted octanol–water partition coefficient (Wildman–Crippen LogP) is 1.53. The number of hydrogen-bond donors (Lipinski definition) is 2. The third kappa shape index (κ3) is 4.33. The molecule has 1 heterocycles. The molecule has 2 N–H and O–H groups in total. The Balaban J connectivity index is 2.16. The van der Waals surface area contributed by atoms with Gasteiger partial charge in [0.05, 0.1) is 13.7 Å². The largest absolute Gasteiger partial charge is 0.350 e. The molecule has 0 saturated carbocycles. The van der Waals surface area contributed by atoms with Crippen LogP contribution in [0.2, 0.25) is 0 Å². The first-order chi connectivity index (χ1) is 10.7. The van der Waals surface area contributed by atoms with E-state index >= 15 is 0 Å². The Morgan fingerprint density at radius 2 is 1.82 bits per heavy atom. The normalized spacial score (nSPS) is 9.86. The van der Waals surface area contributed by atoms with E-state index < -0.39 is 0 Å². The lowest BCUT2D eigenvalue weighted by molar-refractivity contribution is 0.180.